The van der Waals surface area contributed by atoms with Crippen LogP contribution in [0.4, 0.5) is 0 Å². The summed E-state index contributed by atoms with van der Waals surface area (Å²) in [6.07, 6.45) is 4.36. The standard InChI is InChI=1S/C9H22N2O3Si/c1-12-15(13-2,14-3)9-5-8-11-7-4-6-10/h4,6,11H,5,7-10H2,1-3H3. The lowest BCUT2D eigenvalue weighted by Gasteiger charge is -2.24. The van der Waals surface area contributed by atoms with Crippen LogP contribution in [-0.4, -0.2) is 43.2 Å². The highest BCUT2D eigenvalue weighted by molar-refractivity contribution is 6.60. The summed E-state index contributed by atoms with van der Waals surface area (Å²) in [6.45, 7) is 1.69. The van der Waals surface area contributed by atoms with Gasteiger partial charge in [0.05, 0.1) is 0 Å². The fraction of sp³-hybridized carbons (Fsp3) is 0.778. The van der Waals surface area contributed by atoms with E-state index in [2.05, 4.69) is 5.32 Å². The van der Waals surface area contributed by atoms with Crippen LogP contribution in [0.15, 0.2) is 12.3 Å². The van der Waals surface area contributed by atoms with E-state index in [1.165, 1.54) is 6.20 Å². The molecule has 90 valence electrons. The second-order valence-electron chi connectivity index (χ2n) is 3.03. The van der Waals surface area contributed by atoms with Gasteiger partial charge in [0, 0.05) is 33.9 Å². The van der Waals surface area contributed by atoms with E-state index >= 15 is 0 Å². The van der Waals surface area contributed by atoms with Crippen molar-refractivity contribution in [3.63, 3.8) is 0 Å². The van der Waals surface area contributed by atoms with Crippen molar-refractivity contribution in [1.29, 1.82) is 0 Å². The Labute approximate surface area is 93.0 Å². The fourth-order valence-corrected chi connectivity index (χ4v) is 2.96. The number of hydrogen-bond donors (Lipinski definition) is 2. The Bertz CT molecular complexity index is 166. The molecular formula is C9H22N2O3Si. The largest absolute Gasteiger partial charge is 0.500 e. The van der Waals surface area contributed by atoms with Crippen molar-refractivity contribution in [2.45, 2.75) is 12.5 Å². The molecule has 0 rings (SSSR count). The predicted octanol–water partition coefficient (Wildman–Crippen LogP) is 0.317. The second kappa shape index (κ2) is 8.87. The highest BCUT2D eigenvalue weighted by atomic mass is 28.4. The van der Waals surface area contributed by atoms with Gasteiger partial charge in [0.25, 0.3) is 0 Å². The Morgan fingerprint density at radius 2 is 1.80 bits per heavy atom. The Balaban J connectivity index is 3.62. The van der Waals surface area contributed by atoms with Gasteiger partial charge in [-0.05, 0) is 19.2 Å². The molecular weight excluding hydrogens is 212 g/mol. The molecule has 3 N–H and O–H groups in total. The van der Waals surface area contributed by atoms with E-state index in [4.69, 9.17) is 19.0 Å². The van der Waals surface area contributed by atoms with E-state index in [1.807, 2.05) is 6.08 Å². The smallest absolute Gasteiger partial charge is 0.405 e. The average molecular weight is 234 g/mol. The normalized spacial score (nSPS) is 12.5. The highest BCUT2D eigenvalue weighted by Crippen LogP contribution is 2.14. The van der Waals surface area contributed by atoms with Crippen LogP contribution in [0, 0.1) is 0 Å². The Kier molecular flexibility index (Phi) is 8.63. The van der Waals surface area contributed by atoms with Gasteiger partial charge in [-0.15, -0.1) is 0 Å². The molecule has 0 aliphatic carbocycles. The number of nitrogens with one attached hydrogen (secondary N) is 1. The van der Waals surface area contributed by atoms with Crippen LogP contribution >= 0.6 is 0 Å². The van der Waals surface area contributed by atoms with Gasteiger partial charge in [0.2, 0.25) is 0 Å². The average Bonchev–Trinajstić information content (AvgIpc) is 2.29. The summed E-state index contributed by atoms with van der Waals surface area (Å²) < 4.78 is 15.9. The van der Waals surface area contributed by atoms with E-state index in [0.29, 0.717) is 0 Å². The first-order chi connectivity index (χ1) is 7.24. The summed E-state index contributed by atoms with van der Waals surface area (Å²) in [5.74, 6) is 0. The maximum absolute atomic E-state index is 5.30. The number of nitrogens with two attached hydrogens (primary N) is 1. The predicted molar refractivity (Wildman–Crippen MR) is 62.4 cm³/mol. The second-order valence-corrected chi connectivity index (χ2v) is 6.12. The van der Waals surface area contributed by atoms with Crippen molar-refractivity contribution < 1.29 is 13.3 Å². The minimum atomic E-state index is -2.37. The molecule has 0 spiro atoms. The van der Waals surface area contributed by atoms with Gasteiger partial charge in [-0.1, -0.05) is 6.08 Å². The first-order valence-corrected chi connectivity index (χ1v) is 6.90. The van der Waals surface area contributed by atoms with E-state index in [1.54, 1.807) is 21.3 Å². The van der Waals surface area contributed by atoms with Crippen molar-refractivity contribution in [1.82, 2.24) is 5.32 Å². The van der Waals surface area contributed by atoms with Gasteiger partial charge in [-0.3, -0.25) is 0 Å². The summed E-state index contributed by atoms with van der Waals surface area (Å²) in [6, 6.07) is 0.815. The highest BCUT2D eigenvalue weighted by Gasteiger charge is 2.36. The minimum absolute atomic E-state index is 0.790. The Morgan fingerprint density at radius 3 is 2.27 bits per heavy atom. The SMILES string of the molecule is CO[Si](CCCNCC=CN)(OC)OC. The lowest BCUT2D eigenvalue weighted by molar-refractivity contribution is 0.123. The molecule has 0 radical (unpaired) electrons. The molecule has 0 aliphatic rings. The van der Waals surface area contributed by atoms with Gasteiger partial charge < -0.3 is 24.3 Å². The third kappa shape index (κ3) is 5.91. The Morgan fingerprint density at radius 1 is 1.20 bits per heavy atom. The quantitative estimate of drug-likeness (QED) is 0.444. The molecule has 6 heteroatoms. The molecule has 0 unspecified atom stereocenters. The Hall–Kier alpha value is -0.403. The lowest BCUT2D eigenvalue weighted by atomic mass is 10.4. The zero-order chi connectivity index (χ0) is 11.6. The molecule has 5 nitrogen and oxygen atoms in total. The molecule has 0 heterocycles. The third-order valence-corrected chi connectivity index (χ3v) is 5.00. The van der Waals surface area contributed by atoms with Crippen LogP contribution < -0.4 is 11.1 Å². The number of hydrogen-bond acceptors (Lipinski definition) is 5. The molecule has 0 aromatic carbocycles. The van der Waals surface area contributed by atoms with Crippen LogP contribution in [0.1, 0.15) is 6.42 Å². The zero-order valence-electron chi connectivity index (χ0n) is 9.79. The van der Waals surface area contributed by atoms with Crippen molar-refractivity contribution in [3.05, 3.63) is 12.3 Å². The number of rotatable bonds is 9. The van der Waals surface area contributed by atoms with Gasteiger partial charge >= 0.3 is 8.80 Å². The molecule has 0 atom stereocenters. The molecule has 0 fully saturated rings. The van der Waals surface area contributed by atoms with Gasteiger partial charge in [0.15, 0.2) is 0 Å². The third-order valence-electron chi connectivity index (χ3n) is 2.17. The van der Waals surface area contributed by atoms with Crippen LogP contribution in [0.5, 0.6) is 0 Å². The van der Waals surface area contributed by atoms with E-state index < -0.39 is 8.80 Å². The van der Waals surface area contributed by atoms with E-state index in [0.717, 1.165) is 25.6 Å². The van der Waals surface area contributed by atoms with Crippen molar-refractivity contribution in [3.8, 4) is 0 Å². The molecule has 0 aliphatic heterocycles. The zero-order valence-corrected chi connectivity index (χ0v) is 10.8. The van der Waals surface area contributed by atoms with Crippen LogP contribution in [0.3, 0.4) is 0 Å². The summed E-state index contributed by atoms with van der Waals surface area (Å²) >= 11 is 0. The van der Waals surface area contributed by atoms with Crippen LogP contribution in [-0.2, 0) is 13.3 Å². The maximum atomic E-state index is 5.30. The molecule has 15 heavy (non-hydrogen) atoms. The maximum Gasteiger partial charge on any atom is 0.500 e. The van der Waals surface area contributed by atoms with Crippen molar-refractivity contribution in [2.24, 2.45) is 5.73 Å². The first kappa shape index (κ1) is 14.6. The molecule has 0 aromatic heterocycles. The van der Waals surface area contributed by atoms with Crippen molar-refractivity contribution >= 4 is 8.80 Å². The van der Waals surface area contributed by atoms with Gasteiger partial charge in [-0.2, -0.15) is 0 Å². The van der Waals surface area contributed by atoms with Gasteiger partial charge in [-0.25, -0.2) is 0 Å². The summed E-state index contributed by atoms with van der Waals surface area (Å²) in [5, 5.41) is 3.22. The monoisotopic (exact) mass is 234 g/mol. The summed E-state index contributed by atoms with van der Waals surface area (Å²) in [4.78, 5) is 0. The van der Waals surface area contributed by atoms with E-state index in [9.17, 15) is 0 Å². The fourth-order valence-electron chi connectivity index (χ4n) is 1.24. The van der Waals surface area contributed by atoms with Crippen LogP contribution in [0.2, 0.25) is 6.04 Å². The molecule has 0 bridgehead atoms. The molecule has 0 saturated carbocycles. The first-order valence-electron chi connectivity index (χ1n) is 4.97. The lowest BCUT2D eigenvalue weighted by Crippen LogP contribution is -2.43. The topological polar surface area (TPSA) is 65.7 Å². The van der Waals surface area contributed by atoms with Crippen molar-refractivity contribution in [2.75, 3.05) is 34.4 Å². The summed E-state index contributed by atoms with van der Waals surface area (Å²) in [5.41, 5.74) is 5.20. The molecule has 0 amide bonds. The molecule has 0 aromatic rings. The van der Waals surface area contributed by atoms with Crippen LogP contribution in [0.25, 0.3) is 0 Å². The minimum Gasteiger partial charge on any atom is -0.405 e. The summed E-state index contributed by atoms with van der Waals surface area (Å²) in [7, 11) is 2.52. The van der Waals surface area contributed by atoms with E-state index in [-0.39, 0.29) is 0 Å². The molecule has 0 saturated heterocycles. The van der Waals surface area contributed by atoms with Gasteiger partial charge in [0.1, 0.15) is 0 Å².